The third-order valence-corrected chi connectivity index (χ3v) is 3.50. The van der Waals surface area contributed by atoms with Crippen LogP contribution in [0.3, 0.4) is 0 Å². The second-order valence-electron chi connectivity index (χ2n) is 4.25. The van der Waals surface area contributed by atoms with Crippen LogP contribution in [-0.2, 0) is 6.54 Å². The van der Waals surface area contributed by atoms with Crippen molar-refractivity contribution >= 4 is 27.3 Å². The lowest BCUT2D eigenvalue weighted by Gasteiger charge is -2.08. The van der Waals surface area contributed by atoms with E-state index >= 15 is 0 Å². The summed E-state index contributed by atoms with van der Waals surface area (Å²) in [5, 5.41) is 13.9. The predicted octanol–water partition coefficient (Wildman–Crippen LogP) is 4.12. The summed E-state index contributed by atoms with van der Waals surface area (Å²) in [6.07, 6.45) is 0. The van der Waals surface area contributed by atoms with Crippen molar-refractivity contribution in [3.8, 4) is 5.75 Å². The molecule has 1 N–H and O–H groups in total. The van der Waals surface area contributed by atoms with Crippen LogP contribution >= 0.6 is 15.9 Å². The van der Waals surface area contributed by atoms with Gasteiger partial charge in [-0.25, -0.2) is 4.39 Å². The normalized spacial score (nSPS) is 10.2. The average Bonchev–Trinajstić information content (AvgIpc) is 2.48. The smallest absolute Gasteiger partial charge is 0.311 e. The molecule has 2 rings (SSSR count). The second kappa shape index (κ2) is 6.53. The number of ether oxygens (including phenoxy) is 1. The van der Waals surface area contributed by atoms with Gasteiger partial charge in [0.05, 0.1) is 16.5 Å². The summed E-state index contributed by atoms with van der Waals surface area (Å²) in [6, 6.07) is 9.34. The minimum absolute atomic E-state index is 0.0983. The van der Waals surface area contributed by atoms with Gasteiger partial charge < -0.3 is 10.1 Å². The van der Waals surface area contributed by atoms with E-state index < -0.39 is 4.92 Å². The highest BCUT2D eigenvalue weighted by atomic mass is 79.9. The molecule has 5 nitrogen and oxygen atoms in total. The molecule has 21 heavy (non-hydrogen) atoms. The van der Waals surface area contributed by atoms with E-state index in [1.165, 1.54) is 25.3 Å². The summed E-state index contributed by atoms with van der Waals surface area (Å²) in [5.74, 6) is -0.167. The van der Waals surface area contributed by atoms with E-state index in [1.807, 2.05) is 0 Å². The number of hydrogen-bond donors (Lipinski definition) is 1. The van der Waals surface area contributed by atoms with Crippen molar-refractivity contribution in [3.63, 3.8) is 0 Å². The van der Waals surface area contributed by atoms with Gasteiger partial charge in [-0.1, -0.05) is 6.07 Å². The SMILES string of the molecule is COc1ccc(CNc2ccc(Br)c(F)c2)cc1[N+](=O)[O-]. The van der Waals surface area contributed by atoms with E-state index in [0.29, 0.717) is 22.3 Å². The highest BCUT2D eigenvalue weighted by Gasteiger charge is 2.14. The van der Waals surface area contributed by atoms with Crippen LogP contribution in [-0.4, -0.2) is 12.0 Å². The fourth-order valence-corrected chi connectivity index (χ4v) is 2.05. The maximum atomic E-state index is 13.4. The number of nitro groups is 1. The molecule has 0 atom stereocenters. The van der Waals surface area contributed by atoms with Gasteiger partial charge in [-0.05, 0) is 45.8 Å². The van der Waals surface area contributed by atoms with Crippen LogP contribution in [0.4, 0.5) is 15.8 Å². The van der Waals surface area contributed by atoms with Crippen molar-refractivity contribution < 1.29 is 14.1 Å². The summed E-state index contributed by atoms with van der Waals surface area (Å²) >= 11 is 3.08. The van der Waals surface area contributed by atoms with Crippen molar-refractivity contribution in [1.82, 2.24) is 0 Å². The zero-order chi connectivity index (χ0) is 15.4. The van der Waals surface area contributed by atoms with Crippen LogP contribution in [0, 0.1) is 15.9 Å². The Bertz CT molecular complexity index is 679. The molecule has 0 spiro atoms. The molecule has 0 amide bonds. The fraction of sp³-hybridized carbons (Fsp3) is 0.143. The molecule has 0 unspecified atom stereocenters. The summed E-state index contributed by atoms with van der Waals surface area (Å²) in [7, 11) is 1.38. The van der Waals surface area contributed by atoms with Gasteiger partial charge in [0.25, 0.3) is 0 Å². The first kappa shape index (κ1) is 15.2. The van der Waals surface area contributed by atoms with E-state index in [9.17, 15) is 14.5 Å². The van der Waals surface area contributed by atoms with Crippen LogP contribution < -0.4 is 10.1 Å². The number of anilines is 1. The third-order valence-electron chi connectivity index (χ3n) is 2.86. The Morgan fingerprint density at radius 1 is 1.33 bits per heavy atom. The molecule has 0 saturated carbocycles. The quantitative estimate of drug-likeness (QED) is 0.647. The lowest BCUT2D eigenvalue weighted by atomic mass is 10.2. The molecule has 0 heterocycles. The Hall–Kier alpha value is -2.15. The van der Waals surface area contributed by atoms with Crippen LogP contribution in [0.25, 0.3) is 0 Å². The zero-order valence-electron chi connectivity index (χ0n) is 11.1. The van der Waals surface area contributed by atoms with Gasteiger partial charge in [-0.15, -0.1) is 0 Å². The summed E-state index contributed by atoms with van der Waals surface area (Å²) in [4.78, 5) is 10.4. The Labute approximate surface area is 129 Å². The first-order chi connectivity index (χ1) is 10.0. The van der Waals surface area contributed by atoms with Crippen molar-refractivity contribution in [2.45, 2.75) is 6.54 Å². The largest absolute Gasteiger partial charge is 0.490 e. The summed E-state index contributed by atoms with van der Waals surface area (Å²) < 4.78 is 18.7. The molecule has 0 aliphatic heterocycles. The molecule has 0 fully saturated rings. The van der Waals surface area contributed by atoms with Gasteiger partial charge in [0.2, 0.25) is 0 Å². The lowest BCUT2D eigenvalue weighted by molar-refractivity contribution is -0.385. The molecule has 0 radical (unpaired) electrons. The number of rotatable bonds is 5. The Morgan fingerprint density at radius 2 is 2.10 bits per heavy atom. The van der Waals surface area contributed by atoms with Crippen molar-refractivity contribution in [2.24, 2.45) is 0 Å². The van der Waals surface area contributed by atoms with E-state index in [4.69, 9.17) is 4.74 Å². The minimum atomic E-state index is -0.498. The third kappa shape index (κ3) is 3.69. The Kier molecular flexibility index (Phi) is 4.74. The molecular formula is C14H12BrFN2O3. The molecule has 0 aliphatic carbocycles. The van der Waals surface area contributed by atoms with Crippen LogP contribution in [0.1, 0.15) is 5.56 Å². The van der Waals surface area contributed by atoms with Gasteiger partial charge in [0.15, 0.2) is 5.75 Å². The van der Waals surface area contributed by atoms with Crippen LogP contribution in [0.2, 0.25) is 0 Å². The number of nitrogens with one attached hydrogen (secondary N) is 1. The number of nitro benzene ring substituents is 1. The number of nitrogens with zero attached hydrogens (tertiary/aromatic N) is 1. The first-order valence-electron chi connectivity index (χ1n) is 6.01. The molecule has 0 aromatic heterocycles. The molecule has 0 saturated heterocycles. The average molecular weight is 355 g/mol. The molecule has 7 heteroatoms. The Balaban J connectivity index is 2.14. The predicted molar refractivity (Wildman–Crippen MR) is 81.1 cm³/mol. The second-order valence-corrected chi connectivity index (χ2v) is 5.10. The molecule has 2 aromatic carbocycles. The van der Waals surface area contributed by atoms with Crippen LogP contribution in [0.15, 0.2) is 40.9 Å². The fourth-order valence-electron chi connectivity index (χ4n) is 1.80. The van der Waals surface area contributed by atoms with Gasteiger partial charge >= 0.3 is 5.69 Å². The van der Waals surface area contributed by atoms with Crippen LogP contribution in [0.5, 0.6) is 5.75 Å². The highest BCUT2D eigenvalue weighted by Crippen LogP contribution is 2.28. The van der Waals surface area contributed by atoms with Gasteiger partial charge in [-0.3, -0.25) is 10.1 Å². The number of benzene rings is 2. The van der Waals surface area contributed by atoms with Crippen molar-refractivity contribution in [3.05, 3.63) is 62.4 Å². The van der Waals surface area contributed by atoms with Gasteiger partial charge in [0, 0.05) is 18.3 Å². The summed E-state index contributed by atoms with van der Waals surface area (Å²) in [6.45, 7) is 0.339. The zero-order valence-corrected chi connectivity index (χ0v) is 12.7. The first-order valence-corrected chi connectivity index (χ1v) is 6.81. The minimum Gasteiger partial charge on any atom is -0.490 e. The van der Waals surface area contributed by atoms with Crippen molar-refractivity contribution in [2.75, 3.05) is 12.4 Å². The van der Waals surface area contributed by atoms with Gasteiger partial charge in [0.1, 0.15) is 5.82 Å². The highest BCUT2D eigenvalue weighted by molar-refractivity contribution is 9.10. The van der Waals surface area contributed by atoms with E-state index in [2.05, 4.69) is 21.2 Å². The van der Waals surface area contributed by atoms with Gasteiger partial charge in [-0.2, -0.15) is 0 Å². The van der Waals surface area contributed by atoms with Crippen molar-refractivity contribution in [1.29, 1.82) is 0 Å². The van der Waals surface area contributed by atoms with E-state index in [-0.39, 0.29) is 17.3 Å². The number of hydrogen-bond acceptors (Lipinski definition) is 4. The maximum absolute atomic E-state index is 13.4. The molecule has 0 aliphatic rings. The molecule has 2 aromatic rings. The topological polar surface area (TPSA) is 64.4 Å². The monoisotopic (exact) mass is 354 g/mol. The summed E-state index contributed by atoms with van der Waals surface area (Å²) in [5.41, 5.74) is 1.19. The molecule has 0 bridgehead atoms. The number of halogens is 2. The Morgan fingerprint density at radius 3 is 2.71 bits per heavy atom. The molecule has 110 valence electrons. The van der Waals surface area contributed by atoms with E-state index in [1.54, 1.807) is 18.2 Å². The molecular weight excluding hydrogens is 343 g/mol. The maximum Gasteiger partial charge on any atom is 0.311 e. The van der Waals surface area contributed by atoms with E-state index in [0.717, 1.165) is 0 Å². The standard InChI is InChI=1S/C14H12BrFN2O3/c1-21-14-5-2-9(6-13(14)18(19)20)8-17-10-3-4-11(15)12(16)7-10/h2-7,17H,8H2,1H3. The lowest BCUT2D eigenvalue weighted by Crippen LogP contribution is -2.01. The number of methoxy groups -OCH3 is 1.